The maximum absolute atomic E-state index is 11.8. The van der Waals surface area contributed by atoms with Crippen molar-refractivity contribution >= 4 is 5.91 Å². The summed E-state index contributed by atoms with van der Waals surface area (Å²) in [6.45, 7) is 8.93. The minimum atomic E-state index is 0.317. The van der Waals surface area contributed by atoms with Gasteiger partial charge in [-0.3, -0.25) is 9.69 Å². The summed E-state index contributed by atoms with van der Waals surface area (Å²) in [6.07, 6.45) is 1.64. The molecule has 2 rings (SSSR count). The van der Waals surface area contributed by atoms with Gasteiger partial charge < -0.3 is 4.90 Å². The van der Waals surface area contributed by atoms with Crippen LogP contribution >= 0.6 is 0 Å². The first-order valence-electron chi connectivity index (χ1n) is 7.24. The van der Waals surface area contributed by atoms with Crippen LogP contribution < -0.4 is 0 Å². The molecule has 0 radical (unpaired) electrons. The third-order valence-corrected chi connectivity index (χ3v) is 3.68. The van der Waals surface area contributed by atoms with Crippen molar-refractivity contribution in [2.75, 3.05) is 26.2 Å². The van der Waals surface area contributed by atoms with Crippen molar-refractivity contribution in [1.29, 1.82) is 0 Å². The van der Waals surface area contributed by atoms with Gasteiger partial charge in [-0.25, -0.2) is 0 Å². The predicted molar refractivity (Wildman–Crippen MR) is 77.9 cm³/mol. The molecule has 0 atom stereocenters. The average molecular weight is 260 g/mol. The zero-order chi connectivity index (χ0) is 13.7. The molecule has 1 fully saturated rings. The number of benzene rings is 1. The van der Waals surface area contributed by atoms with Crippen molar-refractivity contribution in [2.24, 2.45) is 0 Å². The number of nitrogens with zero attached hydrogens (tertiary/aromatic N) is 2. The molecule has 0 spiro atoms. The van der Waals surface area contributed by atoms with E-state index < -0.39 is 0 Å². The lowest BCUT2D eigenvalue weighted by molar-refractivity contribution is -0.133. The van der Waals surface area contributed by atoms with Crippen LogP contribution in [0, 0.1) is 6.92 Å². The first-order valence-corrected chi connectivity index (χ1v) is 7.24. The Morgan fingerprint density at radius 3 is 2.58 bits per heavy atom. The van der Waals surface area contributed by atoms with Crippen LogP contribution in [0.5, 0.6) is 0 Å². The lowest BCUT2D eigenvalue weighted by atomic mass is 10.1. The van der Waals surface area contributed by atoms with Crippen molar-refractivity contribution < 1.29 is 4.79 Å². The van der Waals surface area contributed by atoms with Crippen LogP contribution in [-0.2, 0) is 11.3 Å². The molecule has 0 saturated carbocycles. The maximum Gasteiger partial charge on any atom is 0.222 e. The number of piperazine rings is 1. The lowest BCUT2D eigenvalue weighted by Gasteiger charge is -2.34. The quantitative estimate of drug-likeness (QED) is 0.830. The Bertz CT molecular complexity index is 423. The van der Waals surface area contributed by atoms with Crippen LogP contribution in [0.15, 0.2) is 24.3 Å². The van der Waals surface area contributed by atoms with Gasteiger partial charge in [-0.15, -0.1) is 0 Å². The Hall–Kier alpha value is -1.35. The number of amides is 1. The average Bonchev–Trinajstić information content (AvgIpc) is 2.40. The molecule has 19 heavy (non-hydrogen) atoms. The summed E-state index contributed by atoms with van der Waals surface area (Å²) in [6, 6.07) is 8.67. The van der Waals surface area contributed by atoms with Crippen LogP contribution in [0.3, 0.4) is 0 Å². The summed E-state index contributed by atoms with van der Waals surface area (Å²) < 4.78 is 0. The van der Waals surface area contributed by atoms with E-state index >= 15 is 0 Å². The molecule has 0 bridgehead atoms. The van der Waals surface area contributed by atoms with E-state index in [1.54, 1.807) is 0 Å². The van der Waals surface area contributed by atoms with E-state index in [9.17, 15) is 4.79 Å². The highest BCUT2D eigenvalue weighted by molar-refractivity contribution is 5.76. The minimum absolute atomic E-state index is 0.317. The highest BCUT2D eigenvalue weighted by atomic mass is 16.2. The maximum atomic E-state index is 11.8. The van der Waals surface area contributed by atoms with Crippen LogP contribution in [0.2, 0.25) is 0 Å². The number of hydrogen-bond acceptors (Lipinski definition) is 2. The molecule has 0 aromatic heterocycles. The van der Waals surface area contributed by atoms with Crippen LogP contribution in [-0.4, -0.2) is 41.9 Å². The molecule has 0 N–H and O–H groups in total. The van der Waals surface area contributed by atoms with Crippen LogP contribution in [0.4, 0.5) is 0 Å². The van der Waals surface area contributed by atoms with E-state index in [1.807, 2.05) is 4.90 Å². The summed E-state index contributed by atoms with van der Waals surface area (Å²) in [5.41, 5.74) is 2.68. The Balaban J connectivity index is 1.82. The fourth-order valence-corrected chi connectivity index (χ4v) is 2.60. The molecule has 0 aliphatic carbocycles. The fourth-order valence-electron chi connectivity index (χ4n) is 2.60. The number of hydrogen-bond donors (Lipinski definition) is 0. The van der Waals surface area contributed by atoms with E-state index in [1.165, 1.54) is 11.1 Å². The monoisotopic (exact) mass is 260 g/mol. The molecule has 0 unspecified atom stereocenters. The highest BCUT2D eigenvalue weighted by Gasteiger charge is 2.20. The van der Waals surface area contributed by atoms with E-state index in [-0.39, 0.29) is 0 Å². The normalized spacial score (nSPS) is 16.6. The Kier molecular flexibility index (Phi) is 4.97. The zero-order valence-corrected chi connectivity index (χ0v) is 12.1. The first kappa shape index (κ1) is 14.1. The van der Waals surface area contributed by atoms with E-state index in [2.05, 4.69) is 43.0 Å². The van der Waals surface area contributed by atoms with Crippen molar-refractivity contribution in [2.45, 2.75) is 33.2 Å². The zero-order valence-electron chi connectivity index (χ0n) is 12.1. The third kappa shape index (κ3) is 4.06. The Morgan fingerprint density at radius 2 is 1.95 bits per heavy atom. The van der Waals surface area contributed by atoms with Gasteiger partial charge in [0.25, 0.3) is 0 Å². The van der Waals surface area contributed by atoms with Crippen molar-refractivity contribution in [3.8, 4) is 0 Å². The highest BCUT2D eigenvalue weighted by Crippen LogP contribution is 2.11. The van der Waals surface area contributed by atoms with Crippen LogP contribution in [0.25, 0.3) is 0 Å². The van der Waals surface area contributed by atoms with Gasteiger partial charge in [0.05, 0.1) is 0 Å². The smallest absolute Gasteiger partial charge is 0.222 e. The van der Waals surface area contributed by atoms with Gasteiger partial charge in [0.2, 0.25) is 5.91 Å². The molecule has 3 nitrogen and oxygen atoms in total. The SMILES string of the molecule is CCCC(=O)N1CCN(Cc2cccc(C)c2)CC1. The molecule has 104 valence electrons. The molecule has 1 aromatic carbocycles. The number of carbonyl (C=O) groups excluding carboxylic acids is 1. The molecule has 1 amide bonds. The van der Waals surface area contributed by atoms with Crippen molar-refractivity contribution in [1.82, 2.24) is 9.80 Å². The van der Waals surface area contributed by atoms with Gasteiger partial charge in [-0.1, -0.05) is 36.8 Å². The Labute approximate surface area is 116 Å². The molecule has 1 saturated heterocycles. The van der Waals surface area contributed by atoms with E-state index in [0.717, 1.165) is 39.1 Å². The summed E-state index contributed by atoms with van der Waals surface area (Å²) in [5.74, 6) is 0.317. The number of rotatable bonds is 4. The second-order valence-electron chi connectivity index (χ2n) is 5.40. The lowest BCUT2D eigenvalue weighted by Crippen LogP contribution is -2.48. The summed E-state index contributed by atoms with van der Waals surface area (Å²) in [5, 5.41) is 0. The first-order chi connectivity index (χ1) is 9.19. The Morgan fingerprint density at radius 1 is 1.21 bits per heavy atom. The molecular weight excluding hydrogens is 236 g/mol. The van der Waals surface area contributed by atoms with E-state index in [0.29, 0.717) is 12.3 Å². The molecule has 3 heteroatoms. The summed E-state index contributed by atoms with van der Waals surface area (Å²) >= 11 is 0. The molecule has 1 aliphatic heterocycles. The predicted octanol–water partition coefficient (Wildman–Crippen LogP) is 2.44. The van der Waals surface area contributed by atoms with Crippen molar-refractivity contribution in [3.63, 3.8) is 0 Å². The molecule has 1 heterocycles. The largest absolute Gasteiger partial charge is 0.340 e. The van der Waals surface area contributed by atoms with Crippen LogP contribution in [0.1, 0.15) is 30.9 Å². The van der Waals surface area contributed by atoms with Gasteiger partial charge in [0, 0.05) is 39.1 Å². The van der Waals surface area contributed by atoms with E-state index in [4.69, 9.17) is 0 Å². The molecular formula is C16H24N2O. The number of carbonyl (C=O) groups is 1. The van der Waals surface area contributed by atoms with Gasteiger partial charge in [0.1, 0.15) is 0 Å². The second-order valence-corrected chi connectivity index (χ2v) is 5.40. The third-order valence-electron chi connectivity index (χ3n) is 3.68. The minimum Gasteiger partial charge on any atom is -0.340 e. The fraction of sp³-hybridized carbons (Fsp3) is 0.562. The van der Waals surface area contributed by atoms with Gasteiger partial charge in [0.15, 0.2) is 0 Å². The van der Waals surface area contributed by atoms with Crippen molar-refractivity contribution in [3.05, 3.63) is 35.4 Å². The standard InChI is InChI=1S/C16H24N2O/c1-3-5-16(19)18-10-8-17(9-11-18)13-15-7-4-6-14(2)12-15/h4,6-7,12H,3,5,8-11,13H2,1-2H3. The van der Waals surface area contributed by atoms with Gasteiger partial charge >= 0.3 is 0 Å². The second kappa shape index (κ2) is 6.71. The van der Waals surface area contributed by atoms with Gasteiger partial charge in [-0.05, 0) is 18.9 Å². The number of aryl methyl sites for hydroxylation is 1. The summed E-state index contributed by atoms with van der Waals surface area (Å²) in [4.78, 5) is 16.3. The summed E-state index contributed by atoms with van der Waals surface area (Å²) in [7, 11) is 0. The topological polar surface area (TPSA) is 23.6 Å². The van der Waals surface area contributed by atoms with Gasteiger partial charge in [-0.2, -0.15) is 0 Å². The molecule has 1 aromatic rings. The molecule has 1 aliphatic rings.